The van der Waals surface area contributed by atoms with Gasteiger partial charge in [-0.05, 0) is 67.9 Å². The molecular formula is C26H33N3O5S. The third-order valence-corrected chi connectivity index (χ3v) is 7.66. The molecule has 0 amide bonds. The SMILES string of the molecule is CCOc1ccc(C)cc1S(=O)(=O)NCC(c1ccco1)N1CCN(c2ccc(OC)cc2)CC1. The summed E-state index contributed by atoms with van der Waals surface area (Å²) in [6, 6.07) is 16.7. The fourth-order valence-electron chi connectivity index (χ4n) is 4.34. The molecule has 1 aliphatic heterocycles. The number of anilines is 1. The van der Waals surface area contributed by atoms with Crippen molar-refractivity contribution < 1.29 is 22.3 Å². The average molecular weight is 500 g/mol. The van der Waals surface area contributed by atoms with Gasteiger partial charge >= 0.3 is 0 Å². The van der Waals surface area contributed by atoms with E-state index in [4.69, 9.17) is 13.9 Å². The monoisotopic (exact) mass is 499 g/mol. The lowest BCUT2D eigenvalue weighted by molar-refractivity contribution is 0.166. The topological polar surface area (TPSA) is 84.2 Å². The second-order valence-electron chi connectivity index (χ2n) is 8.49. The Labute approximate surface area is 207 Å². The maximum Gasteiger partial charge on any atom is 0.244 e. The summed E-state index contributed by atoms with van der Waals surface area (Å²) in [6.45, 7) is 7.47. The Morgan fingerprint density at radius 2 is 1.80 bits per heavy atom. The second-order valence-corrected chi connectivity index (χ2v) is 10.2. The minimum absolute atomic E-state index is 0.155. The Balaban J connectivity index is 1.47. The number of hydrogen-bond donors (Lipinski definition) is 1. The summed E-state index contributed by atoms with van der Waals surface area (Å²) in [5.74, 6) is 1.92. The van der Waals surface area contributed by atoms with Gasteiger partial charge in [0.25, 0.3) is 0 Å². The highest BCUT2D eigenvalue weighted by atomic mass is 32.2. The number of benzene rings is 2. The first-order valence-corrected chi connectivity index (χ1v) is 13.3. The van der Waals surface area contributed by atoms with Crippen LogP contribution >= 0.6 is 0 Å². The van der Waals surface area contributed by atoms with Crippen LogP contribution in [0.2, 0.25) is 0 Å². The Kier molecular flexibility index (Phi) is 8.00. The number of nitrogens with zero attached hydrogens (tertiary/aromatic N) is 2. The first kappa shape index (κ1) is 25.1. The molecule has 8 nitrogen and oxygen atoms in total. The van der Waals surface area contributed by atoms with Crippen molar-refractivity contribution in [3.05, 3.63) is 72.2 Å². The molecule has 0 saturated carbocycles. The van der Waals surface area contributed by atoms with Gasteiger partial charge in [-0.2, -0.15) is 0 Å². The number of methoxy groups -OCH3 is 1. The summed E-state index contributed by atoms with van der Waals surface area (Å²) < 4.78 is 45.9. The van der Waals surface area contributed by atoms with E-state index in [0.717, 1.165) is 48.9 Å². The van der Waals surface area contributed by atoms with Gasteiger partial charge in [0.15, 0.2) is 0 Å². The molecule has 1 atom stereocenters. The van der Waals surface area contributed by atoms with Gasteiger partial charge in [-0.25, -0.2) is 13.1 Å². The summed E-state index contributed by atoms with van der Waals surface area (Å²) in [4.78, 5) is 4.74. The molecule has 1 saturated heterocycles. The van der Waals surface area contributed by atoms with E-state index in [9.17, 15) is 8.42 Å². The van der Waals surface area contributed by atoms with E-state index in [0.29, 0.717) is 12.4 Å². The van der Waals surface area contributed by atoms with Gasteiger partial charge in [0.2, 0.25) is 10.0 Å². The van der Waals surface area contributed by atoms with Crippen molar-refractivity contribution in [2.45, 2.75) is 24.8 Å². The minimum Gasteiger partial charge on any atom is -0.497 e. The quantitative estimate of drug-likeness (QED) is 0.454. The van der Waals surface area contributed by atoms with Gasteiger partial charge in [0.05, 0.1) is 26.0 Å². The van der Waals surface area contributed by atoms with Gasteiger partial charge in [0, 0.05) is 38.4 Å². The third kappa shape index (κ3) is 5.98. The molecule has 4 rings (SSSR count). The standard InChI is InChI=1S/C26H33N3O5S/c1-4-33-25-12-7-20(2)18-26(25)35(30,31)27-19-23(24-6-5-17-34-24)29-15-13-28(14-16-29)21-8-10-22(32-3)11-9-21/h5-12,17-18,23,27H,4,13-16,19H2,1-3H3. The number of rotatable bonds is 10. The molecule has 0 radical (unpaired) electrons. The van der Waals surface area contributed by atoms with Gasteiger partial charge in [0.1, 0.15) is 22.2 Å². The Bertz CT molecular complexity index is 1190. The van der Waals surface area contributed by atoms with E-state index < -0.39 is 10.0 Å². The Hall–Kier alpha value is -3.01. The molecule has 1 N–H and O–H groups in total. The highest BCUT2D eigenvalue weighted by molar-refractivity contribution is 7.89. The van der Waals surface area contributed by atoms with E-state index in [1.165, 1.54) is 0 Å². The number of hydrogen-bond acceptors (Lipinski definition) is 7. The van der Waals surface area contributed by atoms with Crippen molar-refractivity contribution >= 4 is 15.7 Å². The van der Waals surface area contributed by atoms with Gasteiger partial charge in [-0.15, -0.1) is 0 Å². The maximum atomic E-state index is 13.3. The molecule has 0 aliphatic carbocycles. The number of furan rings is 1. The lowest BCUT2D eigenvalue weighted by Crippen LogP contribution is -2.49. The van der Waals surface area contributed by atoms with Crippen molar-refractivity contribution in [2.75, 3.05) is 51.3 Å². The van der Waals surface area contributed by atoms with Crippen LogP contribution in [-0.4, -0.2) is 59.8 Å². The summed E-state index contributed by atoms with van der Waals surface area (Å²) in [6.07, 6.45) is 1.62. The first-order valence-electron chi connectivity index (χ1n) is 11.8. The number of nitrogens with one attached hydrogen (secondary N) is 1. The molecule has 35 heavy (non-hydrogen) atoms. The smallest absolute Gasteiger partial charge is 0.244 e. The zero-order chi connectivity index (χ0) is 24.8. The van der Waals surface area contributed by atoms with Crippen LogP contribution in [0.1, 0.15) is 24.3 Å². The van der Waals surface area contributed by atoms with E-state index in [1.807, 2.05) is 44.2 Å². The predicted octanol–water partition coefficient (Wildman–Crippen LogP) is 3.84. The fraction of sp³-hybridized carbons (Fsp3) is 0.385. The molecule has 2 aromatic carbocycles. The summed E-state index contributed by atoms with van der Waals surface area (Å²) >= 11 is 0. The van der Waals surface area contributed by atoms with Crippen LogP contribution in [0.15, 0.2) is 70.2 Å². The summed E-state index contributed by atoms with van der Waals surface area (Å²) in [7, 11) is -2.13. The lowest BCUT2D eigenvalue weighted by Gasteiger charge is -2.39. The molecule has 2 heterocycles. The van der Waals surface area contributed by atoms with Crippen LogP contribution < -0.4 is 19.1 Å². The average Bonchev–Trinajstić information content (AvgIpc) is 3.40. The third-order valence-electron chi connectivity index (χ3n) is 6.22. The summed E-state index contributed by atoms with van der Waals surface area (Å²) in [5.41, 5.74) is 2.00. The molecule has 0 spiro atoms. The van der Waals surface area contributed by atoms with Gasteiger partial charge in [-0.1, -0.05) is 6.07 Å². The number of ether oxygens (including phenoxy) is 2. The number of aryl methyl sites for hydroxylation is 1. The zero-order valence-electron chi connectivity index (χ0n) is 20.4. The molecule has 1 aromatic heterocycles. The van der Waals surface area contributed by atoms with Crippen LogP contribution in [0.3, 0.4) is 0 Å². The highest BCUT2D eigenvalue weighted by Crippen LogP contribution is 2.28. The molecule has 1 aliphatic rings. The molecule has 1 unspecified atom stereocenters. The molecule has 1 fully saturated rings. The van der Waals surface area contributed by atoms with Gasteiger partial charge in [-0.3, -0.25) is 4.90 Å². The zero-order valence-corrected chi connectivity index (χ0v) is 21.3. The molecule has 9 heteroatoms. The molecule has 188 valence electrons. The normalized spacial score (nSPS) is 15.7. The largest absolute Gasteiger partial charge is 0.497 e. The number of sulfonamides is 1. The van der Waals surface area contributed by atoms with E-state index in [-0.39, 0.29) is 17.5 Å². The van der Waals surface area contributed by atoms with Crippen LogP contribution in [-0.2, 0) is 10.0 Å². The number of piperazine rings is 1. The van der Waals surface area contributed by atoms with Crippen molar-refractivity contribution in [3.8, 4) is 11.5 Å². The van der Waals surface area contributed by atoms with Crippen molar-refractivity contribution in [1.29, 1.82) is 0 Å². The predicted molar refractivity (Wildman–Crippen MR) is 136 cm³/mol. The van der Waals surface area contributed by atoms with E-state index in [2.05, 4.69) is 26.7 Å². The van der Waals surface area contributed by atoms with Crippen LogP contribution in [0.25, 0.3) is 0 Å². The first-order chi connectivity index (χ1) is 16.9. The Morgan fingerprint density at radius 3 is 2.43 bits per heavy atom. The van der Waals surface area contributed by atoms with Crippen LogP contribution in [0.4, 0.5) is 5.69 Å². The fourth-order valence-corrected chi connectivity index (χ4v) is 5.61. The van der Waals surface area contributed by atoms with Crippen molar-refractivity contribution in [1.82, 2.24) is 9.62 Å². The van der Waals surface area contributed by atoms with Crippen molar-refractivity contribution in [2.24, 2.45) is 0 Å². The minimum atomic E-state index is -3.79. The van der Waals surface area contributed by atoms with Crippen LogP contribution in [0.5, 0.6) is 11.5 Å². The highest BCUT2D eigenvalue weighted by Gasteiger charge is 2.29. The lowest BCUT2D eigenvalue weighted by atomic mass is 10.1. The molecule has 3 aromatic rings. The second kappa shape index (κ2) is 11.2. The van der Waals surface area contributed by atoms with Crippen LogP contribution in [0, 0.1) is 6.92 Å². The van der Waals surface area contributed by atoms with E-state index in [1.54, 1.807) is 25.5 Å². The van der Waals surface area contributed by atoms with Crippen molar-refractivity contribution in [3.63, 3.8) is 0 Å². The summed E-state index contributed by atoms with van der Waals surface area (Å²) in [5, 5.41) is 0. The Morgan fingerprint density at radius 1 is 1.06 bits per heavy atom. The van der Waals surface area contributed by atoms with E-state index >= 15 is 0 Å². The molecular weight excluding hydrogens is 466 g/mol. The molecule has 0 bridgehead atoms. The maximum absolute atomic E-state index is 13.3. The van der Waals surface area contributed by atoms with Gasteiger partial charge < -0.3 is 18.8 Å².